The summed E-state index contributed by atoms with van der Waals surface area (Å²) in [5.41, 5.74) is 1.89. The van der Waals surface area contributed by atoms with Crippen molar-refractivity contribution in [2.45, 2.75) is 19.8 Å². The second-order valence-electron chi connectivity index (χ2n) is 4.24. The lowest BCUT2D eigenvalue weighted by molar-refractivity contribution is 0.757. The van der Waals surface area contributed by atoms with Gasteiger partial charge in [-0.15, -0.1) is 0 Å². The molecule has 0 aliphatic rings. The second kappa shape index (κ2) is 4.53. The number of nitrogens with one attached hydrogen (secondary N) is 1. The van der Waals surface area contributed by atoms with Crippen LogP contribution in [0.3, 0.4) is 0 Å². The Morgan fingerprint density at radius 3 is 2.59 bits per heavy atom. The molecule has 0 saturated carbocycles. The van der Waals surface area contributed by atoms with Gasteiger partial charge < -0.3 is 5.32 Å². The largest absolute Gasteiger partial charge is 0.373 e. The molecule has 0 bridgehead atoms. The van der Waals surface area contributed by atoms with Crippen molar-refractivity contribution in [2.75, 3.05) is 12.4 Å². The Bertz CT molecular complexity index is 515. The summed E-state index contributed by atoms with van der Waals surface area (Å²) in [6, 6.07) is 3.88. The molecule has 0 aromatic carbocycles. The summed E-state index contributed by atoms with van der Waals surface area (Å²) in [7, 11) is 3.77. The van der Waals surface area contributed by atoms with Gasteiger partial charge >= 0.3 is 0 Å². The molecular formula is C12H17N5. The molecule has 2 aromatic rings. The number of nitrogens with zero attached hydrogens (tertiary/aromatic N) is 4. The van der Waals surface area contributed by atoms with Gasteiger partial charge in [0.25, 0.3) is 0 Å². The highest BCUT2D eigenvalue weighted by Gasteiger charge is 2.10. The molecule has 17 heavy (non-hydrogen) atoms. The van der Waals surface area contributed by atoms with Crippen molar-refractivity contribution in [3.8, 4) is 11.4 Å². The van der Waals surface area contributed by atoms with Gasteiger partial charge in [0.15, 0.2) is 0 Å². The van der Waals surface area contributed by atoms with Gasteiger partial charge in [-0.05, 0) is 6.07 Å². The first-order valence-electron chi connectivity index (χ1n) is 5.67. The van der Waals surface area contributed by atoms with Crippen LogP contribution in [0, 0.1) is 0 Å². The molecule has 2 heterocycles. The molecule has 5 nitrogen and oxygen atoms in total. The molecule has 0 saturated heterocycles. The van der Waals surface area contributed by atoms with Gasteiger partial charge in [0.05, 0.1) is 11.4 Å². The van der Waals surface area contributed by atoms with E-state index in [0.29, 0.717) is 5.92 Å². The van der Waals surface area contributed by atoms with Crippen LogP contribution in [0.25, 0.3) is 11.4 Å². The molecule has 0 aliphatic carbocycles. The summed E-state index contributed by atoms with van der Waals surface area (Å²) in [5, 5.41) is 7.22. The Morgan fingerprint density at radius 1 is 1.29 bits per heavy atom. The molecule has 0 atom stereocenters. The lowest BCUT2D eigenvalue weighted by Crippen LogP contribution is -2.04. The van der Waals surface area contributed by atoms with Crippen LogP contribution in [0.2, 0.25) is 0 Å². The number of aromatic nitrogens is 4. The fraction of sp³-hybridized carbons (Fsp3) is 0.417. The van der Waals surface area contributed by atoms with E-state index in [9.17, 15) is 0 Å². The minimum Gasteiger partial charge on any atom is -0.373 e. The highest BCUT2D eigenvalue weighted by Crippen LogP contribution is 2.21. The van der Waals surface area contributed by atoms with Gasteiger partial charge in [-0.2, -0.15) is 5.10 Å². The zero-order valence-corrected chi connectivity index (χ0v) is 10.6. The van der Waals surface area contributed by atoms with Crippen LogP contribution >= 0.6 is 0 Å². The lowest BCUT2D eigenvalue weighted by atomic mass is 10.2. The van der Waals surface area contributed by atoms with E-state index in [-0.39, 0.29) is 0 Å². The number of hydrogen-bond donors (Lipinski definition) is 1. The van der Waals surface area contributed by atoms with Gasteiger partial charge in [-0.1, -0.05) is 13.8 Å². The lowest BCUT2D eigenvalue weighted by Gasteiger charge is -2.09. The van der Waals surface area contributed by atoms with Crippen LogP contribution < -0.4 is 5.32 Å². The summed E-state index contributed by atoms with van der Waals surface area (Å²) in [6.07, 6.45) is 1.77. The number of anilines is 1. The van der Waals surface area contributed by atoms with E-state index in [2.05, 4.69) is 34.2 Å². The van der Waals surface area contributed by atoms with Crippen molar-refractivity contribution in [1.82, 2.24) is 19.7 Å². The normalized spacial score (nSPS) is 10.9. The number of hydrogen-bond acceptors (Lipinski definition) is 4. The first-order valence-corrected chi connectivity index (χ1v) is 5.67. The van der Waals surface area contributed by atoms with E-state index in [1.165, 1.54) is 0 Å². The third-order valence-corrected chi connectivity index (χ3v) is 2.60. The van der Waals surface area contributed by atoms with E-state index in [1.54, 1.807) is 6.20 Å². The molecule has 0 radical (unpaired) electrons. The van der Waals surface area contributed by atoms with E-state index in [4.69, 9.17) is 0 Å². The van der Waals surface area contributed by atoms with Gasteiger partial charge in [0.1, 0.15) is 11.6 Å². The Hall–Kier alpha value is -1.91. The van der Waals surface area contributed by atoms with E-state index >= 15 is 0 Å². The Morgan fingerprint density at radius 2 is 2.06 bits per heavy atom. The van der Waals surface area contributed by atoms with Crippen LogP contribution in [0.1, 0.15) is 25.6 Å². The molecule has 2 rings (SSSR count). The van der Waals surface area contributed by atoms with E-state index in [0.717, 1.165) is 23.0 Å². The molecule has 0 amide bonds. The smallest absolute Gasteiger partial charge is 0.134 e. The first kappa shape index (κ1) is 11.6. The highest BCUT2D eigenvalue weighted by atomic mass is 15.3. The summed E-state index contributed by atoms with van der Waals surface area (Å²) >= 11 is 0. The van der Waals surface area contributed by atoms with Gasteiger partial charge in [0.2, 0.25) is 0 Å². The molecule has 5 heteroatoms. The molecule has 90 valence electrons. The number of aryl methyl sites for hydroxylation is 1. The molecule has 0 aliphatic heterocycles. The summed E-state index contributed by atoms with van der Waals surface area (Å²) in [5.74, 6) is 1.98. The van der Waals surface area contributed by atoms with Crippen LogP contribution in [-0.2, 0) is 7.05 Å². The zero-order chi connectivity index (χ0) is 12.4. The molecule has 0 unspecified atom stereocenters. The van der Waals surface area contributed by atoms with Crippen molar-refractivity contribution in [3.63, 3.8) is 0 Å². The average molecular weight is 231 g/mol. The van der Waals surface area contributed by atoms with Crippen molar-refractivity contribution in [3.05, 3.63) is 24.2 Å². The van der Waals surface area contributed by atoms with Gasteiger partial charge in [0, 0.05) is 32.3 Å². The third-order valence-electron chi connectivity index (χ3n) is 2.60. The minimum absolute atomic E-state index is 0.301. The topological polar surface area (TPSA) is 55.6 Å². The SMILES string of the molecule is CNc1cc(-c2ccnn2C)nc(C(C)C)n1. The number of rotatable bonds is 3. The van der Waals surface area contributed by atoms with E-state index in [1.807, 2.05) is 30.9 Å². The van der Waals surface area contributed by atoms with Crippen LogP contribution in [0.15, 0.2) is 18.3 Å². The fourth-order valence-corrected chi connectivity index (χ4v) is 1.61. The summed E-state index contributed by atoms with van der Waals surface area (Å²) < 4.78 is 1.81. The molecular weight excluding hydrogens is 214 g/mol. The quantitative estimate of drug-likeness (QED) is 0.878. The maximum atomic E-state index is 4.57. The second-order valence-corrected chi connectivity index (χ2v) is 4.24. The Balaban J connectivity index is 2.54. The van der Waals surface area contributed by atoms with Crippen molar-refractivity contribution >= 4 is 5.82 Å². The molecule has 1 N–H and O–H groups in total. The molecule has 2 aromatic heterocycles. The van der Waals surface area contributed by atoms with Gasteiger partial charge in [-0.3, -0.25) is 4.68 Å². The maximum absolute atomic E-state index is 4.57. The average Bonchev–Trinajstić information content (AvgIpc) is 2.74. The Labute approximate surface area is 101 Å². The zero-order valence-electron chi connectivity index (χ0n) is 10.6. The summed E-state index contributed by atoms with van der Waals surface area (Å²) in [6.45, 7) is 4.17. The van der Waals surface area contributed by atoms with Crippen molar-refractivity contribution in [2.24, 2.45) is 7.05 Å². The monoisotopic (exact) mass is 231 g/mol. The first-order chi connectivity index (χ1) is 8.11. The van der Waals surface area contributed by atoms with Crippen LogP contribution in [0.4, 0.5) is 5.82 Å². The van der Waals surface area contributed by atoms with E-state index < -0.39 is 0 Å². The highest BCUT2D eigenvalue weighted by molar-refractivity contribution is 5.58. The fourth-order valence-electron chi connectivity index (χ4n) is 1.61. The predicted molar refractivity (Wildman–Crippen MR) is 67.9 cm³/mol. The molecule has 0 fully saturated rings. The van der Waals surface area contributed by atoms with Crippen molar-refractivity contribution < 1.29 is 0 Å². The summed E-state index contributed by atoms with van der Waals surface area (Å²) in [4.78, 5) is 9.01. The van der Waals surface area contributed by atoms with Crippen LogP contribution in [-0.4, -0.2) is 26.8 Å². The third kappa shape index (κ3) is 2.27. The minimum atomic E-state index is 0.301. The van der Waals surface area contributed by atoms with Gasteiger partial charge in [-0.25, -0.2) is 9.97 Å². The van der Waals surface area contributed by atoms with Crippen LogP contribution in [0.5, 0.6) is 0 Å². The Kier molecular flexibility index (Phi) is 3.08. The predicted octanol–water partition coefficient (Wildman–Crippen LogP) is 2.04. The van der Waals surface area contributed by atoms with Crippen molar-refractivity contribution in [1.29, 1.82) is 0 Å². The molecule has 0 spiro atoms. The standard InChI is InChI=1S/C12H17N5/c1-8(2)12-15-9(7-11(13-3)16-12)10-5-6-14-17(10)4/h5-8H,1-4H3,(H,13,15,16). The maximum Gasteiger partial charge on any atom is 0.134 e.